The number of hydrogen-bond donors (Lipinski definition) is 2. The van der Waals surface area contributed by atoms with Crippen LogP contribution in [0.5, 0.6) is 11.5 Å². The molecule has 0 saturated carbocycles. The lowest BCUT2D eigenvalue weighted by Gasteiger charge is -2.33. The number of hydrogen-bond acceptors (Lipinski definition) is 5. The molecule has 1 saturated heterocycles. The third kappa shape index (κ3) is 5.10. The van der Waals surface area contributed by atoms with Gasteiger partial charge in [-0.2, -0.15) is 0 Å². The summed E-state index contributed by atoms with van der Waals surface area (Å²) in [6.07, 6.45) is 2.23. The van der Waals surface area contributed by atoms with Crippen molar-refractivity contribution in [3.05, 3.63) is 53.6 Å². The molecule has 0 aliphatic carbocycles. The molecule has 2 aliphatic rings. The normalized spacial score (nSPS) is 18.1. The van der Waals surface area contributed by atoms with E-state index in [4.69, 9.17) is 9.47 Å². The molecule has 0 radical (unpaired) electrons. The number of likely N-dealkylation sites (tertiary alicyclic amines) is 1. The highest BCUT2D eigenvalue weighted by Gasteiger charge is 2.21. The van der Waals surface area contributed by atoms with Gasteiger partial charge in [0.15, 0.2) is 11.5 Å². The summed E-state index contributed by atoms with van der Waals surface area (Å²) in [6, 6.07) is 13.2. The topological polar surface area (TPSA) is 79.9 Å². The third-order valence-corrected chi connectivity index (χ3v) is 5.47. The Labute approximate surface area is 176 Å². The van der Waals surface area contributed by atoms with Crippen molar-refractivity contribution < 1.29 is 19.1 Å². The van der Waals surface area contributed by atoms with Gasteiger partial charge in [-0.05, 0) is 61.2 Å². The monoisotopic (exact) mass is 409 g/mol. The molecule has 2 N–H and O–H groups in total. The Kier molecular flexibility index (Phi) is 6.18. The lowest BCUT2D eigenvalue weighted by atomic mass is 9.97. The molecule has 2 aliphatic heterocycles. The minimum Gasteiger partial charge on any atom is -0.454 e. The zero-order valence-corrected chi connectivity index (χ0v) is 17.1. The van der Waals surface area contributed by atoms with Crippen LogP contribution in [0.25, 0.3) is 0 Å². The van der Waals surface area contributed by atoms with Gasteiger partial charge in [0.05, 0.1) is 0 Å². The molecule has 0 spiro atoms. The zero-order chi connectivity index (χ0) is 20.9. The van der Waals surface area contributed by atoms with E-state index in [1.165, 1.54) is 12.5 Å². The van der Waals surface area contributed by atoms with E-state index in [1.54, 1.807) is 18.2 Å². The number of rotatable bonds is 6. The van der Waals surface area contributed by atoms with Crippen LogP contribution in [0.2, 0.25) is 0 Å². The van der Waals surface area contributed by atoms with E-state index in [2.05, 4.69) is 27.7 Å². The Hall–Kier alpha value is -3.06. The largest absolute Gasteiger partial charge is 0.454 e. The van der Waals surface area contributed by atoms with Gasteiger partial charge in [0.1, 0.15) is 0 Å². The number of nitrogens with zero attached hydrogens (tertiary/aromatic N) is 1. The molecule has 2 heterocycles. The summed E-state index contributed by atoms with van der Waals surface area (Å²) in [5.41, 5.74) is 2.62. The maximum atomic E-state index is 12.5. The molecule has 1 fully saturated rings. The second-order valence-electron chi connectivity index (χ2n) is 7.90. The first-order chi connectivity index (χ1) is 14.6. The molecular formula is C23H27N3O4. The van der Waals surface area contributed by atoms with Gasteiger partial charge in [-0.15, -0.1) is 0 Å². The van der Waals surface area contributed by atoms with Gasteiger partial charge in [0.25, 0.3) is 5.91 Å². The minimum absolute atomic E-state index is 0.0654. The van der Waals surface area contributed by atoms with E-state index >= 15 is 0 Å². The Morgan fingerprint density at radius 2 is 1.90 bits per heavy atom. The van der Waals surface area contributed by atoms with Crippen molar-refractivity contribution in [2.75, 3.05) is 31.7 Å². The third-order valence-electron chi connectivity index (χ3n) is 5.47. The molecule has 7 heteroatoms. The SMILES string of the molecule is CC(=O)Nc1ccc(CN2CCCC(CNC(=O)c3ccc4c(c3)OCO4)C2)cc1. The van der Waals surface area contributed by atoms with Crippen molar-refractivity contribution in [2.24, 2.45) is 5.92 Å². The van der Waals surface area contributed by atoms with Gasteiger partial charge in [-0.1, -0.05) is 12.1 Å². The van der Waals surface area contributed by atoms with Crippen LogP contribution in [0, 0.1) is 5.92 Å². The quantitative estimate of drug-likeness (QED) is 0.767. The smallest absolute Gasteiger partial charge is 0.251 e. The first kappa shape index (κ1) is 20.2. The van der Waals surface area contributed by atoms with Crippen LogP contribution in [-0.4, -0.2) is 43.1 Å². The molecule has 1 unspecified atom stereocenters. The van der Waals surface area contributed by atoms with E-state index < -0.39 is 0 Å². The predicted octanol–water partition coefficient (Wildman–Crippen LogP) is 3.02. The van der Waals surface area contributed by atoms with Crippen molar-refractivity contribution in [3.8, 4) is 11.5 Å². The zero-order valence-electron chi connectivity index (χ0n) is 17.1. The highest BCUT2D eigenvalue weighted by atomic mass is 16.7. The maximum absolute atomic E-state index is 12.5. The average Bonchev–Trinajstić information content (AvgIpc) is 3.21. The standard InChI is InChI=1S/C23H27N3O4/c1-16(27)25-20-7-4-17(5-8-20)13-26-10-2-3-18(14-26)12-24-23(28)19-6-9-21-22(11-19)30-15-29-21/h4-9,11,18H,2-3,10,12-15H2,1H3,(H,24,28)(H,25,27). The Balaban J connectivity index is 1.26. The fourth-order valence-electron chi connectivity index (χ4n) is 3.99. The summed E-state index contributed by atoms with van der Waals surface area (Å²) in [7, 11) is 0. The fourth-order valence-corrected chi connectivity index (χ4v) is 3.99. The number of amides is 2. The maximum Gasteiger partial charge on any atom is 0.251 e. The van der Waals surface area contributed by atoms with Crippen LogP contribution in [-0.2, 0) is 11.3 Å². The molecule has 2 aromatic rings. The number of nitrogens with one attached hydrogen (secondary N) is 2. The number of piperidine rings is 1. The Morgan fingerprint density at radius 3 is 2.70 bits per heavy atom. The van der Waals surface area contributed by atoms with Gasteiger partial charge in [0.2, 0.25) is 12.7 Å². The second-order valence-corrected chi connectivity index (χ2v) is 7.90. The van der Waals surface area contributed by atoms with Crippen LogP contribution >= 0.6 is 0 Å². The van der Waals surface area contributed by atoms with Gasteiger partial charge in [0, 0.05) is 37.8 Å². The second kappa shape index (κ2) is 9.17. The van der Waals surface area contributed by atoms with Crippen molar-refractivity contribution in [1.82, 2.24) is 10.2 Å². The van der Waals surface area contributed by atoms with Gasteiger partial charge < -0.3 is 20.1 Å². The lowest BCUT2D eigenvalue weighted by Crippen LogP contribution is -2.40. The van der Waals surface area contributed by atoms with Gasteiger partial charge in [-0.3, -0.25) is 14.5 Å². The van der Waals surface area contributed by atoms with Crippen LogP contribution in [0.4, 0.5) is 5.69 Å². The van der Waals surface area contributed by atoms with E-state index in [9.17, 15) is 9.59 Å². The summed E-state index contributed by atoms with van der Waals surface area (Å²) in [4.78, 5) is 26.1. The van der Waals surface area contributed by atoms with Crippen molar-refractivity contribution in [3.63, 3.8) is 0 Å². The molecule has 4 rings (SSSR count). The molecule has 0 aromatic heterocycles. The molecule has 1 atom stereocenters. The summed E-state index contributed by atoms with van der Waals surface area (Å²) in [5, 5.41) is 5.86. The number of benzene rings is 2. The number of carbonyl (C=O) groups excluding carboxylic acids is 2. The fraction of sp³-hybridized carbons (Fsp3) is 0.391. The number of fused-ring (bicyclic) bond motifs is 1. The highest BCUT2D eigenvalue weighted by Crippen LogP contribution is 2.32. The Bertz CT molecular complexity index is 913. The van der Waals surface area contributed by atoms with Crippen LogP contribution in [0.1, 0.15) is 35.7 Å². The summed E-state index contributed by atoms with van der Waals surface area (Å²) >= 11 is 0. The average molecular weight is 409 g/mol. The number of anilines is 1. The first-order valence-electron chi connectivity index (χ1n) is 10.3. The van der Waals surface area contributed by atoms with E-state index in [0.717, 1.165) is 38.2 Å². The Morgan fingerprint density at radius 1 is 1.10 bits per heavy atom. The molecule has 158 valence electrons. The van der Waals surface area contributed by atoms with Gasteiger partial charge >= 0.3 is 0 Å². The summed E-state index contributed by atoms with van der Waals surface area (Å²) in [5.74, 6) is 1.58. The molecule has 2 amide bonds. The van der Waals surface area contributed by atoms with E-state index in [0.29, 0.717) is 29.5 Å². The van der Waals surface area contributed by atoms with Gasteiger partial charge in [-0.25, -0.2) is 0 Å². The van der Waals surface area contributed by atoms with Crippen molar-refractivity contribution in [2.45, 2.75) is 26.3 Å². The number of carbonyl (C=O) groups is 2. The van der Waals surface area contributed by atoms with Crippen LogP contribution < -0.4 is 20.1 Å². The first-order valence-corrected chi connectivity index (χ1v) is 10.3. The number of ether oxygens (including phenoxy) is 2. The summed E-state index contributed by atoms with van der Waals surface area (Å²) in [6.45, 7) is 5.24. The molecule has 7 nitrogen and oxygen atoms in total. The lowest BCUT2D eigenvalue weighted by molar-refractivity contribution is -0.114. The minimum atomic E-state index is -0.0843. The van der Waals surface area contributed by atoms with Crippen LogP contribution in [0.3, 0.4) is 0 Å². The van der Waals surface area contributed by atoms with E-state index in [1.807, 2.05) is 12.1 Å². The summed E-state index contributed by atoms with van der Waals surface area (Å²) < 4.78 is 10.6. The molecule has 30 heavy (non-hydrogen) atoms. The molecular weight excluding hydrogens is 382 g/mol. The molecule has 0 bridgehead atoms. The van der Waals surface area contributed by atoms with Crippen molar-refractivity contribution in [1.29, 1.82) is 0 Å². The van der Waals surface area contributed by atoms with E-state index in [-0.39, 0.29) is 18.6 Å². The van der Waals surface area contributed by atoms with Crippen LogP contribution in [0.15, 0.2) is 42.5 Å². The highest BCUT2D eigenvalue weighted by molar-refractivity contribution is 5.95. The van der Waals surface area contributed by atoms with Crippen molar-refractivity contribution >= 4 is 17.5 Å². The molecule has 2 aromatic carbocycles. The predicted molar refractivity (Wildman–Crippen MR) is 114 cm³/mol.